The number of ether oxygens (including phenoxy) is 1. The zero-order chi connectivity index (χ0) is 23.5. The normalized spacial score (nSPS) is 17.7. The molecule has 0 saturated carbocycles. The molecule has 1 unspecified atom stereocenters. The van der Waals surface area contributed by atoms with E-state index >= 15 is 0 Å². The summed E-state index contributed by atoms with van der Waals surface area (Å²) in [5, 5.41) is 13.2. The van der Waals surface area contributed by atoms with Gasteiger partial charge in [-0.15, -0.1) is 11.3 Å². The average Bonchev–Trinajstić information content (AvgIpc) is 3.42. The van der Waals surface area contributed by atoms with Crippen LogP contribution < -0.4 is 4.74 Å². The molecule has 1 aromatic carbocycles. The summed E-state index contributed by atoms with van der Waals surface area (Å²) in [5.74, 6) is -0.619. The summed E-state index contributed by atoms with van der Waals surface area (Å²) in [6.45, 7) is 6.70. The first-order valence-corrected chi connectivity index (χ1v) is 11.8. The molecule has 1 aliphatic rings. The van der Waals surface area contributed by atoms with Gasteiger partial charge in [0, 0.05) is 16.6 Å². The van der Waals surface area contributed by atoms with E-state index in [1.807, 2.05) is 56.5 Å². The highest BCUT2D eigenvalue weighted by atomic mass is 32.1. The zero-order valence-electron chi connectivity index (χ0n) is 18.8. The third-order valence-electron chi connectivity index (χ3n) is 5.62. The minimum atomic E-state index is -0.693. The van der Waals surface area contributed by atoms with Crippen LogP contribution in [0.1, 0.15) is 54.4 Å². The van der Waals surface area contributed by atoms with Crippen molar-refractivity contribution in [3.05, 3.63) is 87.4 Å². The van der Waals surface area contributed by atoms with E-state index in [1.165, 1.54) is 16.2 Å². The number of thiophene rings is 1. The topological polar surface area (TPSA) is 79.7 Å². The number of aliphatic hydroxyl groups excluding tert-OH is 1. The maximum absolute atomic E-state index is 13.2. The number of likely N-dealkylation sites (tertiary alicyclic amines) is 1. The van der Waals surface area contributed by atoms with Crippen LogP contribution in [-0.2, 0) is 16.1 Å². The largest absolute Gasteiger partial charge is 0.507 e. The number of amides is 1. The van der Waals surface area contributed by atoms with Crippen LogP contribution >= 0.6 is 11.3 Å². The molecule has 1 atom stereocenters. The maximum atomic E-state index is 13.2. The quantitative estimate of drug-likeness (QED) is 0.293. The van der Waals surface area contributed by atoms with E-state index in [-0.39, 0.29) is 23.8 Å². The van der Waals surface area contributed by atoms with E-state index < -0.39 is 17.7 Å². The second kappa shape index (κ2) is 9.58. The number of hydrogen-bond donors (Lipinski definition) is 1. The van der Waals surface area contributed by atoms with Crippen LogP contribution in [0.25, 0.3) is 5.76 Å². The number of benzene rings is 1. The molecule has 0 radical (unpaired) electrons. The average molecular weight is 463 g/mol. The fourth-order valence-corrected chi connectivity index (χ4v) is 4.89. The lowest BCUT2D eigenvalue weighted by Crippen LogP contribution is -2.29. The monoisotopic (exact) mass is 462 g/mol. The van der Waals surface area contributed by atoms with Crippen molar-refractivity contribution in [1.29, 1.82) is 0 Å². The van der Waals surface area contributed by atoms with Gasteiger partial charge in [-0.1, -0.05) is 26.0 Å². The van der Waals surface area contributed by atoms with Gasteiger partial charge in [-0.2, -0.15) is 0 Å². The molecule has 1 N–H and O–H groups in total. The van der Waals surface area contributed by atoms with E-state index in [4.69, 9.17) is 4.74 Å². The van der Waals surface area contributed by atoms with Gasteiger partial charge in [0.05, 0.1) is 24.4 Å². The Morgan fingerprint density at radius 3 is 2.64 bits per heavy atom. The van der Waals surface area contributed by atoms with Crippen molar-refractivity contribution in [1.82, 2.24) is 9.88 Å². The fourth-order valence-electron chi connectivity index (χ4n) is 4.04. The summed E-state index contributed by atoms with van der Waals surface area (Å²) in [4.78, 5) is 32.8. The van der Waals surface area contributed by atoms with E-state index in [0.29, 0.717) is 17.9 Å². The molecule has 1 amide bonds. The Morgan fingerprint density at radius 2 is 2.00 bits per heavy atom. The SMILES string of the molecule is CCOc1ccc(/C(O)=C2/C(=O)C(=O)N(Cc3ccccn3)C2c2cccs2)cc1C(C)C. The van der Waals surface area contributed by atoms with Crippen molar-refractivity contribution in [2.75, 3.05) is 6.61 Å². The van der Waals surface area contributed by atoms with Crippen LogP contribution in [0.4, 0.5) is 0 Å². The Bertz CT molecular complexity index is 1190. The smallest absolute Gasteiger partial charge is 0.296 e. The Labute approximate surface area is 197 Å². The van der Waals surface area contributed by atoms with Crippen molar-refractivity contribution in [3.63, 3.8) is 0 Å². The summed E-state index contributed by atoms with van der Waals surface area (Å²) >= 11 is 1.44. The van der Waals surface area contributed by atoms with Crippen LogP contribution in [-0.4, -0.2) is 33.3 Å². The number of nitrogens with zero attached hydrogens (tertiary/aromatic N) is 2. The van der Waals surface area contributed by atoms with Gasteiger partial charge >= 0.3 is 0 Å². The van der Waals surface area contributed by atoms with Gasteiger partial charge in [0.2, 0.25) is 0 Å². The van der Waals surface area contributed by atoms with Crippen LogP contribution in [0, 0.1) is 0 Å². The Morgan fingerprint density at radius 1 is 1.18 bits per heavy atom. The highest BCUT2D eigenvalue weighted by Crippen LogP contribution is 2.42. The van der Waals surface area contributed by atoms with E-state index in [2.05, 4.69) is 4.98 Å². The second-order valence-electron chi connectivity index (χ2n) is 8.10. The van der Waals surface area contributed by atoms with Crippen molar-refractivity contribution in [2.45, 2.75) is 39.3 Å². The maximum Gasteiger partial charge on any atom is 0.296 e. The van der Waals surface area contributed by atoms with Crippen molar-refractivity contribution >= 4 is 28.8 Å². The number of rotatable bonds is 7. The molecular formula is C26H26N2O4S. The molecule has 4 rings (SSSR count). The van der Waals surface area contributed by atoms with Gasteiger partial charge in [0.15, 0.2) is 0 Å². The molecule has 33 heavy (non-hydrogen) atoms. The molecule has 3 heterocycles. The molecule has 1 aliphatic heterocycles. The van der Waals surface area contributed by atoms with Gasteiger partial charge in [-0.25, -0.2) is 0 Å². The second-order valence-corrected chi connectivity index (χ2v) is 9.08. The van der Waals surface area contributed by atoms with E-state index in [9.17, 15) is 14.7 Å². The molecule has 0 spiro atoms. The van der Waals surface area contributed by atoms with Gasteiger partial charge < -0.3 is 14.7 Å². The number of aromatic nitrogens is 1. The Balaban J connectivity index is 1.83. The number of Topliss-reactive ketones (excluding diaryl/α,β-unsaturated/α-hetero) is 1. The van der Waals surface area contributed by atoms with E-state index in [1.54, 1.807) is 24.4 Å². The molecule has 170 valence electrons. The summed E-state index contributed by atoms with van der Waals surface area (Å²) in [6, 6.07) is 13.9. The van der Waals surface area contributed by atoms with Gasteiger partial charge in [0.25, 0.3) is 11.7 Å². The predicted molar refractivity (Wildman–Crippen MR) is 128 cm³/mol. The van der Waals surface area contributed by atoms with Crippen molar-refractivity contribution < 1.29 is 19.4 Å². The Hall–Kier alpha value is -3.45. The minimum absolute atomic E-state index is 0.0947. The predicted octanol–water partition coefficient (Wildman–Crippen LogP) is 5.29. The van der Waals surface area contributed by atoms with Crippen molar-refractivity contribution in [3.8, 4) is 5.75 Å². The third kappa shape index (κ3) is 4.41. The van der Waals surface area contributed by atoms with Gasteiger partial charge in [-0.3, -0.25) is 14.6 Å². The lowest BCUT2D eigenvalue weighted by molar-refractivity contribution is -0.140. The van der Waals surface area contributed by atoms with E-state index in [0.717, 1.165) is 16.2 Å². The zero-order valence-corrected chi connectivity index (χ0v) is 19.6. The number of aliphatic hydroxyl groups is 1. The standard InChI is InChI=1S/C26H26N2O4S/c1-4-32-20-11-10-17(14-19(20)16(2)3)24(29)22-23(21-9-7-13-33-21)28(26(31)25(22)30)15-18-8-5-6-12-27-18/h5-14,16,23,29H,4,15H2,1-3H3/b24-22-. The highest BCUT2D eigenvalue weighted by Gasteiger charge is 2.46. The Kier molecular flexibility index (Phi) is 6.60. The molecule has 3 aromatic rings. The highest BCUT2D eigenvalue weighted by molar-refractivity contribution is 7.10. The lowest BCUT2D eigenvalue weighted by Gasteiger charge is -2.24. The first kappa shape index (κ1) is 22.7. The molecule has 1 saturated heterocycles. The molecular weight excluding hydrogens is 436 g/mol. The van der Waals surface area contributed by atoms with Crippen LogP contribution in [0.3, 0.4) is 0 Å². The molecule has 0 bridgehead atoms. The third-order valence-corrected chi connectivity index (χ3v) is 6.54. The summed E-state index contributed by atoms with van der Waals surface area (Å²) in [5.41, 5.74) is 2.18. The number of carbonyl (C=O) groups excluding carboxylic acids is 2. The first-order chi connectivity index (χ1) is 15.9. The van der Waals surface area contributed by atoms with Crippen molar-refractivity contribution in [2.24, 2.45) is 0 Å². The van der Waals surface area contributed by atoms with Gasteiger partial charge in [-0.05, 0) is 60.2 Å². The van der Waals surface area contributed by atoms with Crippen LogP contribution in [0.2, 0.25) is 0 Å². The first-order valence-electron chi connectivity index (χ1n) is 10.9. The fraction of sp³-hybridized carbons (Fsp3) is 0.269. The molecule has 1 fully saturated rings. The number of pyridine rings is 1. The number of carbonyl (C=O) groups is 2. The number of ketones is 1. The lowest BCUT2D eigenvalue weighted by atomic mass is 9.95. The summed E-state index contributed by atoms with van der Waals surface area (Å²) in [7, 11) is 0. The van der Waals surface area contributed by atoms with Crippen LogP contribution in [0.15, 0.2) is 65.7 Å². The minimum Gasteiger partial charge on any atom is -0.507 e. The number of hydrogen-bond acceptors (Lipinski definition) is 6. The molecule has 7 heteroatoms. The van der Waals surface area contributed by atoms with Gasteiger partial charge in [0.1, 0.15) is 17.6 Å². The summed E-state index contributed by atoms with van der Waals surface area (Å²) in [6.07, 6.45) is 1.65. The molecule has 0 aliphatic carbocycles. The van der Waals surface area contributed by atoms with Crippen LogP contribution in [0.5, 0.6) is 5.75 Å². The molecule has 2 aromatic heterocycles. The summed E-state index contributed by atoms with van der Waals surface area (Å²) < 4.78 is 5.73. The molecule has 6 nitrogen and oxygen atoms in total.